The van der Waals surface area contributed by atoms with Gasteiger partial charge in [0, 0.05) is 32.0 Å². The zero-order chi connectivity index (χ0) is 15.9. The Morgan fingerprint density at radius 2 is 2.14 bits per heavy atom. The number of nitrogens with zero attached hydrogens (tertiary/aromatic N) is 3. The standard InChI is InChI=1S/C16H28N4O2/c1-4-5-8-17-16(21)20-9-6-13(7-10-20)15-18-14(19-22-15)11-12(2)3/h12-13H,4-11H2,1-3H3,(H,17,21). The van der Waals surface area contributed by atoms with Crippen LogP contribution in [0.2, 0.25) is 0 Å². The SMILES string of the molecule is CCCCNC(=O)N1CCC(c2nc(CC(C)C)no2)CC1. The molecule has 6 heteroatoms. The van der Waals surface area contributed by atoms with Crippen LogP contribution in [0.5, 0.6) is 0 Å². The number of carbonyl (C=O) groups excluding carboxylic acids is 1. The van der Waals surface area contributed by atoms with E-state index in [1.165, 1.54) is 0 Å². The molecule has 0 aliphatic carbocycles. The largest absolute Gasteiger partial charge is 0.339 e. The van der Waals surface area contributed by atoms with Crippen molar-refractivity contribution in [3.63, 3.8) is 0 Å². The molecule has 0 unspecified atom stereocenters. The first-order chi connectivity index (χ1) is 10.6. The Hall–Kier alpha value is -1.59. The second kappa shape index (κ2) is 8.15. The number of amides is 2. The summed E-state index contributed by atoms with van der Waals surface area (Å²) in [6.45, 7) is 8.68. The van der Waals surface area contributed by atoms with Crippen molar-refractivity contribution < 1.29 is 9.32 Å². The van der Waals surface area contributed by atoms with E-state index in [1.54, 1.807) is 0 Å². The van der Waals surface area contributed by atoms with E-state index in [2.05, 4.69) is 36.2 Å². The number of piperidine rings is 1. The van der Waals surface area contributed by atoms with Gasteiger partial charge in [0.25, 0.3) is 0 Å². The number of nitrogens with one attached hydrogen (secondary N) is 1. The average Bonchev–Trinajstić information content (AvgIpc) is 2.95. The van der Waals surface area contributed by atoms with Gasteiger partial charge in [-0.3, -0.25) is 0 Å². The fourth-order valence-electron chi connectivity index (χ4n) is 2.69. The molecule has 0 saturated carbocycles. The van der Waals surface area contributed by atoms with Crippen LogP contribution in [0.1, 0.15) is 64.1 Å². The number of hydrogen-bond donors (Lipinski definition) is 1. The molecule has 124 valence electrons. The minimum Gasteiger partial charge on any atom is -0.339 e. The van der Waals surface area contributed by atoms with Crippen molar-refractivity contribution in [2.75, 3.05) is 19.6 Å². The van der Waals surface area contributed by atoms with Gasteiger partial charge in [0.15, 0.2) is 5.82 Å². The molecule has 0 bridgehead atoms. The summed E-state index contributed by atoms with van der Waals surface area (Å²) >= 11 is 0. The van der Waals surface area contributed by atoms with Crippen LogP contribution in [0.15, 0.2) is 4.52 Å². The molecule has 6 nitrogen and oxygen atoms in total. The van der Waals surface area contributed by atoms with Crippen LogP contribution in [-0.4, -0.2) is 40.7 Å². The van der Waals surface area contributed by atoms with Crippen molar-refractivity contribution in [1.82, 2.24) is 20.4 Å². The molecule has 1 aromatic heterocycles. The molecule has 1 fully saturated rings. The minimum absolute atomic E-state index is 0.0536. The number of likely N-dealkylation sites (tertiary alicyclic amines) is 1. The number of urea groups is 1. The van der Waals surface area contributed by atoms with E-state index in [0.717, 1.165) is 63.5 Å². The third kappa shape index (κ3) is 4.71. The molecule has 22 heavy (non-hydrogen) atoms. The number of rotatable bonds is 6. The van der Waals surface area contributed by atoms with Crippen molar-refractivity contribution in [2.24, 2.45) is 5.92 Å². The molecule has 0 atom stereocenters. The summed E-state index contributed by atoms with van der Waals surface area (Å²) in [5, 5.41) is 7.03. The van der Waals surface area contributed by atoms with E-state index in [1.807, 2.05) is 4.90 Å². The van der Waals surface area contributed by atoms with E-state index in [9.17, 15) is 4.79 Å². The lowest BCUT2D eigenvalue weighted by Gasteiger charge is -2.30. The minimum atomic E-state index is 0.0536. The lowest BCUT2D eigenvalue weighted by atomic mass is 9.97. The van der Waals surface area contributed by atoms with Crippen LogP contribution in [0.25, 0.3) is 0 Å². The third-order valence-electron chi connectivity index (χ3n) is 4.01. The van der Waals surface area contributed by atoms with Gasteiger partial charge in [-0.15, -0.1) is 0 Å². The van der Waals surface area contributed by atoms with Gasteiger partial charge in [-0.25, -0.2) is 4.79 Å². The maximum absolute atomic E-state index is 12.0. The normalized spacial score (nSPS) is 16.3. The van der Waals surface area contributed by atoms with Gasteiger partial charge < -0.3 is 14.7 Å². The number of hydrogen-bond acceptors (Lipinski definition) is 4. The summed E-state index contributed by atoms with van der Waals surface area (Å²) in [6, 6.07) is 0.0536. The van der Waals surface area contributed by atoms with Crippen molar-refractivity contribution in [2.45, 2.75) is 58.8 Å². The highest BCUT2D eigenvalue weighted by Gasteiger charge is 2.27. The Morgan fingerprint density at radius 1 is 1.41 bits per heavy atom. The third-order valence-corrected chi connectivity index (χ3v) is 4.01. The van der Waals surface area contributed by atoms with E-state index in [0.29, 0.717) is 5.92 Å². The monoisotopic (exact) mass is 308 g/mol. The van der Waals surface area contributed by atoms with E-state index >= 15 is 0 Å². The van der Waals surface area contributed by atoms with Crippen LogP contribution in [0.3, 0.4) is 0 Å². The zero-order valence-electron chi connectivity index (χ0n) is 14.0. The van der Waals surface area contributed by atoms with E-state index < -0.39 is 0 Å². The van der Waals surface area contributed by atoms with Gasteiger partial charge in [-0.1, -0.05) is 32.3 Å². The van der Waals surface area contributed by atoms with Crippen molar-refractivity contribution in [3.05, 3.63) is 11.7 Å². The van der Waals surface area contributed by atoms with Gasteiger partial charge in [0.1, 0.15) is 0 Å². The molecule has 0 radical (unpaired) electrons. The van der Waals surface area contributed by atoms with Crippen LogP contribution >= 0.6 is 0 Å². The Kier molecular flexibility index (Phi) is 6.21. The number of carbonyl (C=O) groups is 1. The van der Waals surface area contributed by atoms with Crippen LogP contribution < -0.4 is 5.32 Å². The summed E-state index contributed by atoms with van der Waals surface area (Å²) < 4.78 is 5.40. The maximum Gasteiger partial charge on any atom is 0.317 e. The maximum atomic E-state index is 12.0. The molecular weight excluding hydrogens is 280 g/mol. The van der Waals surface area contributed by atoms with Crippen LogP contribution in [-0.2, 0) is 6.42 Å². The van der Waals surface area contributed by atoms with Gasteiger partial charge in [-0.05, 0) is 25.2 Å². The summed E-state index contributed by atoms with van der Waals surface area (Å²) in [5.41, 5.74) is 0. The second-order valence-electron chi connectivity index (χ2n) is 6.49. The molecule has 1 saturated heterocycles. The average molecular weight is 308 g/mol. The van der Waals surface area contributed by atoms with E-state index in [4.69, 9.17) is 4.52 Å². The summed E-state index contributed by atoms with van der Waals surface area (Å²) in [6.07, 6.45) is 4.76. The molecule has 2 amide bonds. The lowest BCUT2D eigenvalue weighted by Crippen LogP contribution is -2.44. The Morgan fingerprint density at radius 3 is 2.77 bits per heavy atom. The predicted octanol–water partition coefficient (Wildman–Crippen LogP) is 2.96. The van der Waals surface area contributed by atoms with Crippen molar-refractivity contribution in [1.29, 1.82) is 0 Å². The first-order valence-corrected chi connectivity index (χ1v) is 8.45. The summed E-state index contributed by atoms with van der Waals surface area (Å²) in [4.78, 5) is 18.4. The fourth-order valence-corrected chi connectivity index (χ4v) is 2.69. The van der Waals surface area contributed by atoms with Gasteiger partial charge in [-0.2, -0.15) is 4.98 Å². The molecule has 1 N–H and O–H groups in total. The van der Waals surface area contributed by atoms with Gasteiger partial charge >= 0.3 is 6.03 Å². The molecule has 1 aliphatic heterocycles. The zero-order valence-corrected chi connectivity index (χ0v) is 14.0. The molecule has 0 spiro atoms. The first kappa shape index (κ1) is 16.8. The Labute approximate surface area is 132 Å². The number of aromatic nitrogens is 2. The fraction of sp³-hybridized carbons (Fsp3) is 0.812. The van der Waals surface area contributed by atoms with Crippen molar-refractivity contribution >= 4 is 6.03 Å². The van der Waals surface area contributed by atoms with Crippen molar-refractivity contribution in [3.8, 4) is 0 Å². The van der Waals surface area contributed by atoms with Crippen LogP contribution in [0.4, 0.5) is 4.79 Å². The first-order valence-electron chi connectivity index (χ1n) is 8.45. The molecule has 2 rings (SSSR count). The van der Waals surface area contributed by atoms with Gasteiger partial charge in [0.05, 0.1) is 0 Å². The topological polar surface area (TPSA) is 71.3 Å². The Balaban J connectivity index is 1.79. The molecule has 1 aromatic rings. The second-order valence-corrected chi connectivity index (χ2v) is 6.49. The highest BCUT2D eigenvalue weighted by molar-refractivity contribution is 5.74. The Bertz CT molecular complexity index is 464. The molecule has 0 aromatic carbocycles. The van der Waals surface area contributed by atoms with E-state index in [-0.39, 0.29) is 11.9 Å². The summed E-state index contributed by atoms with van der Waals surface area (Å²) in [5.74, 6) is 2.35. The molecular formula is C16H28N4O2. The number of unbranched alkanes of at least 4 members (excludes halogenated alkanes) is 1. The quantitative estimate of drug-likeness (QED) is 0.820. The highest BCUT2D eigenvalue weighted by Crippen LogP contribution is 2.27. The summed E-state index contributed by atoms with van der Waals surface area (Å²) in [7, 11) is 0. The smallest absolute Gasteiger partial charge is 0.317 e. The lowest BCUT2D eigenvalue weighted by molar-refractivity contribution is 0.175. The highest BCUT2D eigenvalue weighted by atomic mass is 16.5. The molecule has 1 aliphatic rings. The van der Waals surface area contributed by atoms with Crippen LogP contribution in [0, 0.1) is 5.92 Å². The van der Waals surface area contributed by atoms with Gasteiger partial charge in [0.2, 0.25) is 5.89 Å². The predicted molar refractivity (Wildman–Crippen MR) is 84.7 cm³/mol. The molecule has 2 heterocycles.